The number of carboxylic acid groups (broad SMARTS) is 1. The van der Waals surface area contributed by atoms with Crippen LogP contribution in [0.1, 0.15) is 39.5 Å². The summed E-state index contributed by atoms with van der Waals surface area (Å²) in [4.78, 5) is 11.7. The summed E-state index contributed by atoms with van der Waals surface area (Å²) >= 11 is 0. The van der Waals surface area contributed by atoms with Crippen molar-refractivity contribution in [2.24, 2.45) is 11.3 Å². The summed E-state index contributed by atoms with van der Waals surface area (Å²) in [6, 6.07) is 0.546. The molecule has 116 valence electrons. The highest BCUT2D eigenvalue weighted by molar-refractivity contribution is 5.75. The highest BCUT2D eigenvalue weighted by atomic mass is 16.5. The highest BCUT2D eigenvalue weighted by Gasteiger charge is 2.48. The van der Waals surface area contributed by atoms with Gasteiger partial charge in [-0.1, -0.05) is 13.8 Å². The number of nitrogens with one attached hydrogen (secondary N) is 1. The largest absolute Gasteiger partial charge is 0.481 e. The number of methoxy groups -OCH3 is 1. The fourth-order valence-corrected chi connectivity index (χ4v) is 3.62. The average molecular weight is 285 g/mol. The van der Waals surface area contributed by atoms with E-state index in [-0.39, 0.29) is 24.1 Å². The molecule has 0 spiro atoms. The molecule has 0 bridgehead atoms. The van der Waals surface area contributed by atoms with Crippen molar-refractivity contribution in [1.29, 1.82) is 0 Å². The van der Waals surface area contributed by atoms with Gasteiger partial charge in [0.1, 0.15) is 0 Å². The third-order valence-electron chi connectivity index (χ3n) is 5.14. The van der Waals surface area contributed by atoms with Crippen molar-refractivity contribution in [3.8, 4) is 0 Å². The Labute approximate surface area is 121 Å². The molecule has 0 unspecified atom stereocenters. The maximum absolute atomic E-state index is 11.7. The molecule has 0 aromatic heterocycles. The molecule has 2 fully saturated rings. The first-order valence-electron chi connectivity index (χ1n) is 7.59. The average Bonchev–Trinajstić information content (AvgIpc) is 2.85. The zero-order chi connectivity index (χ0) is 14.8. The van der Waals surface area contributed by atoms with Crippen molar-refractivity contribution in [2.75, 3.05) is 20.3 Å². The fourth-order valence-electron chi connectivity index (χ4n) is 3.62. The molecule has 5 nitrogen and oxygen atoms in total. The predicted molar refractivity (Wildman–Crippen MR) is 75.7 cm³/mol. The van der Waals surface area contributed by atoms with Crippen molar-refractivity contribution in [2.45, 2.75) is 57.7 Å². The van der Waals surface area contributed by atoms with Crippen LogP contribution < -0.4 is 5.32 Å². The van der Waals surface area contributed by atoms with Crippen molar-refractivity contribution >= 4 is 5.97 Å². The molecule has 4 atom stereocenters. The van der Waals surface area contributed by atoms with Gasteiger partial charge < -0.3 is 19.9 Å². The summed E-state index contributed by atoms with van der Waals surface area (Å²) in [5.41, 5.74) is -0.564. The van der Waals surface area contributed by atoms with Gasteiger partial charge in [0.15, 0.2) is 0 Å². The summed E-state index contributed by atoms with van der Waals surface area (Å²) in [7, 11) is 1.71. The van der Waals surface area contributed by atoms with Gasteiger partial charge >= 0.3 is 5.97 Å². The number of hydrogen-bond acceptors (Lipinski definition) is 4. The molecule has 1 saturated heterocycles. The van der Waals surface area contributed by atoms with E-state index in [9.17, 15) is 9.90 Å². The van der Waals surface area contributed by atoms with E-state index in [0.717, 1.165) is 25.9 Å². The van der Waals surface area contributed by atoms with Crippen LogP contribution in [0.25, 0.3) is 0 Å². The van der Waals surface area contributed by atoms with Gasteiger partial charge in [0, 0.05) is 25.8 Å². The smallest absolute Gasteiger partial charge is 0.309 e. The summed E-state index contributed by atoms with van der Waals surface area (Å²) in [6.45, 7) is 5.40. The quantitative estimate of drug-likeness (QED) is 0.804. The lowest BCUT2D eigenvalue weighted by molar-refractivity contribution is -0.151. The SMILES string of the molecule is CO[C@H]1COCC[C@H]1N[C@@H]1CC[C@@](C(=O)O)(C(C)C)C1. The van der Waals surface area contributed by atoms with E-state index >= 15 is 0 Å². The lowest BCUT2D eigenvalue weighted by atomic mass is 9.75. The summed E-state index contributed by atoms with van der Waals surface area (Å²) in [5.74, 6) is -0.480. The number of carboxylic acids is 1. The first-order chi connectivity index (χ1) is 9.49. The van der Waals surface area contributed by atoms with Crippen LogP contribution in [0.2, 0.25) is 0 Å². The molecule has 0 amide bonds. The highest BCUT2D eigenvalue weighted by Crippen LogP contribution is 2.44. The Hall–Kier alpha value is -0.650. The monoisotopic (exact) mass is 285 g/mol. The molecule has 2 N–H and O–H groups in total. The molecule has 5 heteroatoms. The van der Waals surface area contributed by atoms with Crippen molar-refractivity contribution in [1.82, 2.24) is 5.32 Å². The Morgan fingerprint density at radius 3 is 2.75 bits per heavy atom. The summed E-state index contributed by atoms with van der Waals surface area (Å²) in [5, 5.41) is 13.2. The van der Waals surface area contributed by atoms with Crippen molar-refractivity contribution < 1.29 is 19.4 Å². The van der Waals surface area contributed by atoms with E-state index < -0.39 is 11.4 Å². The normalized spacial score (nSPS) is 38.3. The second kappa shape index (κ2) is 6.41. The van der Waals surface area contributed by atoms with Gasteiger partial charge in [0.25, 0.3) is 0 Å². The number of rotatable bonds is 5. The van der Waals surface area contributed by atoms with E-state index in [1.807, 2.05) is 13.8 Å². The molecule has 1 aliphatic heterocycles. The van der Waals surface area contributed by atoms with E-state index in [0.29, 0.717) is 13.0 Å². The minimum Gasteiger partial charge on any atom is -0.481 e. The van der Waals surface area contributed by atoms with Gasteiger partial charge in [-0.2, -0.15) is 0 Å². The van der Waals surface area contributed by atoms with Gasteiger partial charge in [-0.3, -0.25) is 4.79 Å². The third kappa shape index (κ3) is 3.00. The Kier molecular flexibility index (Phi) is 5.04. The van der Waals surface area contributed by atoms with Crippen molar-refractivity contribution in [3.05, 3.63) is 0 Å². The number of ether oxygens (including phenoxy) is 2. The van der Waals surface area contributed by atoms with Crippen LogP contribution in [0, 0.1) is 11.3 Å². The molecule has 1 heterocycles. The van der Waals surface area contributed by atoms with Crippen LogP contribution >= 0.6 is 0 Å². The molecule has 2 aliphatic rings. The van der Waals surface area contributed by atoms with Gasteiger partial charge in [0.05, 0.1) is 18.1 Å². The Balaban J connectivity index is 1.97. The van der Waals surface area contributed by atoms with Crippen LogP contribution in [0.4, 0.5) is 0 Å². The first-order valence-corrected chi connectivity index (χ1v) is 7.59. The standard InChI is InChI=1S/C15H27NO4/c1-10(2)15(14(17)18)6-4-11(8-15)16-12-5-7-20-9-13(12)19-3/h10-13,16H,4-9H2,1-3H3,(H,17,18)/t11-,12-,13+,15+/m1/s1. The molecule has 2 rings (SSSR count). The molecular weight excluding hydrogens is 258 g/mol. The van der Waals surface area contributed by atoms with Crippen LogP contribution in [0.15, 0.2) is 0 Å². The van der Waals surface area contributed by atoms with Gasteiger partial charge in [0.2, 0.25) is 0 Å². The minimum absolute atomic E-state index is 0.0719. The number of hydrogen-bond donors (Lipinski definition) is 2. The number of carbonyl (C=O) groups is 1. The second-order valence-corrected chi connectivity index (χ2v) is 6.47. The topological polar surface area (TPSA) is 67.8 Å². The first kappa shape index (κ1) is 15.7. The maximum Gasteiger partial charge on any atom is 0.309 e. The summed E-state index contributed by atoms with van der Waals surface area (Å²) in [6.07, 6.45) is 3.41. The molecule has 0 aromatic rings. The molecule has 20 heavy (non-hydrogen) atoms. The summed E-state index contributed by atoms with van der Waals surface area (Å²) < 4.78 is 10.9. The molecule has 1 aliphatic carbocycles. The van der Waals surface area contributed by atoms with E-state index in [1.54, 1.807) is 7.11 Å². The predicted octanol–water partition coefficient (Wildman–Crippen LogP) is 1.66. The lowest BCUT2D eigenvalue weighted by Crippen LogP contribution is -2.51. The maximum atomic E-state index is 11.7. The Morgan fingerprint density at radius 1 is 1.45 bits per heavy atom. The second-order valence-electron chi connectivity index (χ2n) is 6.47. The van der Waals surface area contributed by atoms with Gasteiger partial charge in [-0.25, -0.2) is 0 Å². The lowest BCUT2D eigenvalue weighted by Gasteiger charge is -2.34. The molecular formula is C15H27NO4. The fraction of sp³-hybridized carbons (Fsp3) is 0.933. The van der Waals surface area contributed by atoms with Gasteiger partial charge in [-0.05, 0) is 31.6 Å². The van der Waals surface area contributed by atoms with Crippen LogP contribution in [-0.2, 0) is 14.3 Å². The van der Waals surface area contributed by atoms with Crippen LogP contribution in [0.3, 0.4) is 0 Å². The third-order valence-corrected chi connectivity index (χ3v) is 5.14. The van der Waals surface area contributed by atoms with Crippen molar-refractivity contribution in [3.63, 3.8) is 0 Å². The molecule has 0 radical (unpaired) electrons. The zero-order valence-electron chi connectivity index (χ0n) is 12.7. The Morgan fingerprint density at radius 2 is 2.20 bits per heavy atom. The van der Waals surface area contributed by atoms with E-state index in [4.69, 9.17) is 9.47 Å². The zero-order valence-corrected chi connectivity index (χ0v) is 12.7. The molecule has 1 saturated carbocycles. The van der Waals surface area contributed by atoms with Gasteiger partial charge in [-0.15, -0.1) is 0 Å². The number of aliphatic carboxylic acids is 1. The van der Waals surface area contributed by atoms with E-state index in [1.165, 1.54) is 0 Å². The van der Waals surface area contributed by atoms with Crippen LogP contribution in [0.5, 0.6) is 0 Å². The van der Waals surface area contributed by atoms with E-state index in [2.05, 4.69) is 5.32 Å². The van der Waals surface area contributed by atoms with Crippen LogP contribution in [-0.4, -0.2) is 49.6 Å². The molecule has 0 aromatic carbocycles. The Bertz CT molecular complexity index is 347. The minimum atomic E-state index is -0.646.